The first-order valence-corrected chi connectivity index (χ1v) is 14.6. The first-order chi connectivity index (χ1) is 18.3. The predicted molar refractivity (Wildman–Crippen MR) is 156 cm³/mol. The maximum atomic E-state index is 14.0. The van der Waals surface area contributed by atoms with Gasteiger partial charge in [-0.2, -0.15) is 0 Å². The van der Waals surface area contributed by atoms with Gasteiger partial charge in [0.15, 0.2) is 0 Å². The highest BCUT2D eigenvalue weighted by molar-refractivity contribution is 7.92. The minimum absolute atomic E-state index is 0.0949. The Morgan fingerprint density at radius 2 is 1.33 bits per heavy atom. The highest BCUT2D eigenvalue weighted by Gasteiger charge is 2.33. The summed E-state index contributed by atoms with van der Waals surface area (Å²) in [5.74, 6) is -0.774. The van der Waals surface area contributed by atoms with Crippen LogP contribution in [0.15, 0.2) is 71.6 Å². The number of sulfonamides is 1. The van der Waals surface area contributed by atoms with E-state index in [1.165, 1.54) is 4.90 Å². The quantitative estimate of drug-likeness (QED) is 0.383. The van der Waals surface area contributed by atoms with Crippen LogP contribution < -0.4 is 9.62 Å². The van der Waals surface area contributed by atoms with E-state index in [4.69, 9.17) is 0 Å². The third-order valence-electron chi connectivity index (χ3n) is 6.59. The van der Waals surface area contributed by atoms with Crippen molar-refractivity contribution in [2.45, 2.75) is 72.0 Å². The van der Waals surface area contributed by atoms with Crippen LogP contribution in [0.4, 0.5) is 5.69 Å². The Morgan fingerprint density at radius 1 is 0.795 bits per heavy atom. The second-order valence-corrected chi connectivity index (χ2v) is 12.3. The molecule has 0 aliphatic heterocycles. The third-order valence-corrected chi connectivity index (χ3v) is 8.37. The number of carbonyl (C=O) groups is 2. The molecule has 1 atom stereocenters. The zero-order chi connectivity index (χ0) is 28.9. The molecule has 2 amide bonds. The van der Waals surface area contributed by atoms with Gasteiger partial charge in [-0.15, -0.1) is 0 Å². The van der Waals surface area contributed by atoms with Gasteiger partial charge in [0.2, 0.25) is 11.8 Å². The van der Waals surface area contributed by atoms with Crippen LogP contribution in [0.5, 0.6) is 0 Å². The summed E-state index contributed by atoms with van der Waals surface area (Å²) in [5.41, 5.74) is 4.87. The molecule has 0 aliphatic rings. The lowest BCUT2D eigenvalue weighted by molar-refractivity contribution is -0.139. The Kier molecular flexibility index (Phi) is 9.56. The fourth-order valence-electron chi connectivity index (χ4n) is 4.22. The molecule has 3 aromatic rings. The van der Waals surface area contributed by atoms with Gasteiger partial charge in [-0.25, -0.2) is 8.42 Å². The fourth-order valence-corrected chi connectivity index (χ4v) is 5.69. The van der Waals surface area contributed by atoms with Crippen LogP contribution in [0.25, 0.3) is 0 Å². The van der Waals surface area contributed by atoms with Gasteiger partial charge in [0.1, 0.15) is 12.6 Å². The minimum Gasteiger partial charge on any atom is -0.352 e. The van der Waals surface area contributed by atoms with Crippen molar-refractivity contribution in [1.82, 2.24) is 10.2 Å². The first kappa shape index (κ1) is 29.9. The van der Waals surface area contributed by atoms with E-state index >= 15 is 0 Å². The lowest BCUT2D eigenvalue weighted by Crippen LogP contribution is -2.52. The summed E-state index contributed by atoms with van der Waals surface area (Å²) >= 11 is 0. The molecule has 0 fully saturated rings. The van der Waals surface area contributed by atoms with Gasteiger partial charge in [0.05, 0.1) is 10.6 Å². The van der Waals surface area contributed by atoms with Crippen molar-refractivity contribution in [2.75, 3.05) is 10.8 Å². The molecule has 0 aromatic heterocycles. The van der Waals surface area contributed by atoms with Crippen molar-refractivity contribution in [3.8, 4) is 0 Å². The maximum Gasteiger partial charge on any atom is 0.264 e. The second-order valence-electron chi connectivity index (χ2n) is 10.5. The molecule has 7 nitrogen and oxygen atoms in total. The number of rotatable bonds is 10. The number of hydrogen-bond acceptors (Lipinski definition) is 4. The van der Waals surface area contributed by atoms with E-state index in [2.05, 4.69) is 5.32 Å². The van der Waals surface area contributed by atoms with Crippen molar-refractivity contribution in [3.05, 3.63) is 94.5 Å². The van der Waals surface area contributed by atoms with Crippen LogP contribution in [0.3, 0.4) is 0 Å². The Hall–Kier alpha value is -3.65. The van der Waals surface area contributed by atoms with Gasteiger partial charge in [-0.05, 0) is 83.4 Å². The van der Waals surface area contributed by atoms with Crippen molar-refractivity contribution in [1.29, 1.82) is 0 Å². The zero-order valence-corrected chi connectivity index (χ0v) is 24.7. The predicted octanol–water partition coefficient (Wildman–Crippen LogP) is 5.06. The molecule has 0 saturated heterocycles. The van der Waals surface area contributed by atoms with Crippen LogP contribution in [-0.2, 0) is 26.2 Å². The lowest BCUT2D eigenvalue weighted by Gasteiger charge is -2.33. The van der Waals surface area contributed by atoms with Gasteiger partial charge in [-0.1, -0.05) is 59.7 Å². The number of anilines is 1. The molecule has 3 aromatic carbocycles. The molecule has 208 valence electrons. The third kappa shape index (κ3) is 7.47. The summed E-state index contributed by atoms with van der Waals surface area (Å²) in [6, 6.07) is 18.9. The second kappa shape index (κ2) is 12.5. The Morgan fingerprint density at radius 3 is 1.90 bits per heavy atom. The standard InChI is InChI=1S/C31H39N3O4S/c1-21(2)32-31(36)26(7)33(19-27-14-9-22(3)10-15-27)30(35)20-34(29-18-24(5)8-13-25(29)6)39(37,38)28-16-11-23(4)12-17-28/h8-18,21,26H,19-20H2,1-7H3,(H,32,36)/t26-/m0/s1. The number of nitrogens with zero attached hydrogens (tertiary/aromatic N) is 2. The van der Waals surface area contributed by atoms with Crippen LogP contribution in [-0.4, -0.2) is 43.8 Å². The van der Waals surface area contributed by atoms with Crippen LogP contribution >= 0.6 is 0 Å². The summed E-state index contributed by atoms with van der Waals surface area (Å²) in [6.45, 7) is 12.6. The molecule has 0 unspecified atom stereocenters. The van der Waals surface area contributed by atoms with E-state index < -0.39 is 28.5 Å². The topological polar surface area (TPSA) is 86.8 Å². The van der Waals surface area contributed by atoms with E-state index in [9.17, 15) is 18.0 Å². The van der Waals surface area contributed by atoms with Crippen molar-refractivity contribution < 1.29 is 18.0 Å². The molecular formula is C31H39N3O4S. The molecule has 1 N–H and O–H groups in total. The highest BCUT2D eigenvalue weighted by Crippen LogP contribution is 2.28. The number of carbonyl (C=O) groups excluding carboxylic acids is 2. The Bertz CT molecular complexity index is 1420. The number of amides is 2. The molecule has 0 aliphatic carbocycles. The normalized spacial score (nSPS) is 12.2. The number of nitrogens with one attached hydrogen (secondary N) is 1. The van der Waals surface area contributed by atoms with Gasteiger partial charge in [0.25, 0.3) is 10.0 Å². The van der Waals surface area contributed by atoms with Crippen LogP contribution in [0.2, 0.25) is 0 Å². The summed E-state index contributed by atoms with van der Waals surface area (Å²) in [6.07, 6.45) is 0. The molecule has 0 spiro atoms. The zero-order valence-electron chi connectivity index (χ0n) is 23.9. The summed E-state index contributed by atoms with van der Waals surface area (Å²) < 4.78 is 29.1. The van der Waals surface area contributed by atoms with E-state index in [1.807, 2.05) is 77.9 Å². The molecule has 8 heteroatoms. The van der Waals surface area contributed by atoms with Gasteiger partial charge in [0, 0.05) is 12.6 Å². The van der Waals surface area contributed by atoms with E-state index in [-0.39, 0.29) is 23.4 Å². The van der Waals surface area contributed by atoms with Crippen molar-refractivity contribution >= 4 is 27.5 Å². The highest BCUT2D eigenvalue weighted by atomic mass is 32.2. The lowest BCUT2D eigenvalue weighted by atomic mass is 10.1. The van der Waals surface area contributed by atoms with Gasteiger partial charge >= 0.3 is 0 Å². The Labute approximate surface area is 232 Å². The van der Waals surface area contributed by atoms with E-state index in [0.29, 0.717) is 5.69 Å². The summed E-state index contributed by atoms with van der Waals surface area (Å²) in [4.78, 5) is 28.6. The van der Waals surface area contributed by atoms with Crippen LogP contribution in [0.1, 0.15) is 48.6 Å². The van der Waals surface area contributed by atoms with E-state index in [1.54, 1.807) is 37.3 Å². The molecule has 0 radical (unpaired) electrons. The maximum absolute atomic E-state index is 14.0. The summed E-state index contributed by atoms with van der Waals surface area (Å²) in [7, 11) is -4.10. The fraction of sp³-hybridized carbons (Fsp3) is 0.355. The molecule has 0 bridgehead atoms. The van der Waals surface area contributed by atoms with E-state index in [0.717, 1.165) is 32.1 Å². The number of benzene rings is 3. The van der Waals surface area contributed by atoms with Crippen molar-refractivity contribution in [2.24, 2.45) is 0 Å². The minimum atomic E-state index is -4.10. The van der Waals surface area contributed by atoms with Crippen molar-refractivity contribution in [3.63, 3.8) is 0 Å². The molecule has 39 heavy (non-hydrogen) atoms. The Balaban J connectivity index is 2.07. The summed E-state index contributed by atoms with van der Waals surface area (Å²) in [5, 5.41) is 2.87. The van der Waals surface area contributed by atoms with Gasteiger partial charge < -0.3 is 10.2 Å². The van der Waals surface area contributed by atoms with Crippen LogP contribution in [0, 0.1) is 27.7 Å². The largest absolute Gasteiger partial charge is 0.352 e. The van der Waals surface area contributed by atoms with Gasteiger partial charge in [-0.3, -0.25) is 13.9 Å². The smallest absolute Gasteiger partial charge is 0.264 e. The molecular weight excluding hydrogens is 510 g/mol. The molecule has 0 saturated carbocycles. The first-order valence-electron chi connectivity index (χ1n) is 13.1. The molecule has 3 rings (SSSR count). The molecule has 0 heterocycles. The average Bonchev–Trinajstić information content (AvgIpc) is 2.87. The average molecular weight is 550 g/mol. The number of aryl methyl sites for hydroxylation is 4. The monoisotopic (exact) mass is 549 g/mol. The number of hydrogen-bond donors (Lipinski definition) is 1. The SMILES string of the molecule is Cc1ccc(CN(C(=O)CN(c2cc(C)ccc2C)S(=O)(=O)c2ccc(C)cc2)[C@@H](C)C(=O)NC(C)C)cc1.